The van der Waals surface area contributed by atoms with Gasteiger partial charge in [0.05, 0.1) is 72.7 Å². The average molecular weight is 1760 g/mol. The van der Waals surface area contributed by atoms with Gasteiger partial charge in [-0.15, -0.1) is 0 Å². The fourth-order valence-corrected chi connectivity index (χ4v) is 24.3. The van der Waals surface area contributed by atoms with Gasteiger partial charge >= 0.3 is 0 Å². The molecule has 0 N–H and O–H groups in total. The van der Waals surface area contributed by atoms with E-state index >= 15 is 0 Å². The SMILES string of the molecule is c1ccc(-c2cccc(N(c3ccccc3)c3ccc4c(c3)C3(c5ccccc5-n5c6ccc(-c7ccc(N(c8ccc9c(c8)-c8c(N(c%10ccccc%10)c%10ccccc%10-c%10ccccc%10)cccc8C98c9ccccc9-n9c%10ccccc%10c%10cccc8c%109)c8ccccc8-c8ccccc8)cc7)cc6c6cccc3c65)c3cccc(N(c5ccccc5)c5cccc6ccccc56)c3-4)c2)cc1. The van der Waals surface area contributed by atoms with E-state index in [2.05, 4.69) is 550 Å². The zero-order chi connectivity index (χ0) is 90.7. The average Bonchev–Trinajstić information content (AvgIpc) is 1.49. The van der Waals surface area contributed by atoms with Gasteiger partial charge in [-0.1, -0.05) is 376 Å². The molecule has 2 unspecified atom stereocenters. The van der Waals surface area contributed by atoms with Gasteiger partial charge in [-0.2, -0.15) is 0 Å². The lowest BCUT2D eigenvalue weighted by molar-refractivity contribution is 0.748. The quantitative estimate of drug-likeness (QED) is 0.0962. The van der Waals surface area contributed by atoms with E-state index in [0.29, 0.717) is 0 Å². The lowest BCUT2D eigenvalue weighted by Crippen LogP contribution is -2.33. The highest BCUT2D eigenvalue weighted by atomic mass is 15.2. The van der Waals surface area contributed by atoms with Gasteiger partial charge in [0.1, 0.15) is 0 Å². The Hall–Kier alpha value is -18.1. The minimum atomic E-state index is -0.849. The number of hydrogen-bond acceptors (Lipinski definition) is 4. The standard InChI is InChI=1S/C132H86N6/c1-7-37-87(38-8-1)92-45-31-52-98(83-92)133(94-46-13-4-14-47-94)100-78-80-107-117(86-100)132(113-61-35-71-125(127(107)113)136(96-50-17-6-18-51-96)120-70-32-44-91-43-19-20-53-103(91)120)112-60-25-30-69-124(112)138-122-82-75-93(84-108(122)106-58-34-64-116(132)130(106)138)88-73-76-97(77-74-88)134(118-65-26-21-54-101(118)89-39-9-2-10-40-89)99-79-81-110-109(85-99)128-114(131(110)111-59-24-29-68-123(111)137-121-67-28-23-56-104(121)105-57-33-63-115(131)129(105)137)62-36-72-126(128)135(95-48-15-5-16-49-95)119-66-27-22-55-102(119)90-41-11-3-12-42-90/h1-86H. The third-order valence-corrected chi connectivity index (χ3v) is 29.8. The van der Waals surface area contributed by atoms with Crippen molar-refractivity contribution in [3.8, 4) is 78.1 Å². The normalized spacial score (nSPS) is 14.3. The van der Waals surface area contributed by atoms with E-state index in [1.165, 1.54) is 121 Å². The molecule has 2 spiro atoms. The van der Waals surface area contributed by atoms with Crippen LogP contribution >= 0.6 is 0 Å². The van der Waals surface area contributed by atoms with Crippen LogP contribution in [-0.4, -0.2) is 9.13 Å². The van der Waals surface area contributed by atoms with Gasteiger partial charge < -0.3 is 28.7 Å². The maximum absolute atomic E-state index is 2.59. The van der Waals surface area contributed by atoms with Crippen LogP contribution in [0.25, 0.3) is 133 Å². The van der Waals surface area contributed by atoms with Gasteiger partial charge in [-0.05, 0) is 240 Å². The van der Waals surface area contributed by atoms with E-state index in [4.69, 9.17) is 0 Å². The third kappa shape index (κ3) is 11.6. The number of anilines is 12. The number of aromatic nitrogens is 2. The molecule has 22 aromatic carbocycles. The van der Waals surface area contributed by atoms with Crippen LogP contribution in [0.1, 0.15) is 44.5 Å². The Labute approximate surface area is 800 Å². The molecule has 0 bridgehead atoms. The summed E-state index contributed by atoms with van der Waals surface area (Å²) in [7, 11) is 0. The number of benzene rings is 22. The van der Waals surface area contributed by atoms with Crippen LogP contribution in [0.3, 0.4) is 0 Å². The van der Waals surface area contributed by atoms with Crippen molar-refractivity contribution < 1.29 is 0 Å². The van der Waals surface area contributed by atoms with Crippen molar-refractivity contribution in [2.24, 2.45) is 0 Å². The van der Waals surface area contributed by atoms with E-state index in [-0.39, 0.29) is 0 Å². The predicted molar refractivity (Wildman–Crippen MR) is 575 cm³/mol. The fourth-order valence-electron chi connectivity index (χ4n) is 24.3. The second kappa shape index (κ2) is 31.3. The first-order chi connectivity index (χ1) is 68.5. The third-order valence-electron chi connectivity index (χ3n) is 29.8. The molecule has 0 saturated carbocycles. The van der Waals surface area contributed by atoms with Crippen LogP contribution in [0.4, 0.5) is 68.2 Å². The molecule has 2 atom stereocenters. The zero-order valence-electron chi connectivity index (χ0n) is 75.3. The molecule has 2 aromatic heterocycles. The lowest BCUT2D eigenvalue weighted by Gasteiger charge is -2.40. The number of para-hydroxylation sites is 10. The Bertz CT molecular complexity index is 9030. The summed E-state index contributed by atoms with van der Waals surface area (Å²) in [5.41, 5.74) is 42.0. The molecule has 644 valence electrons. The van der Waals surface area contributed by atoms with Crippen LogP contribution in [0.2, 0.25) is 0 Å². The van der Waals surface area contributed by atoms with E-state index in [1.807, 2.05) is 0 Å². The fraction of sp³-hybridized carbons (Fsp3) is 0.0152. The van der Waals surface area contributed by atoms with Crippen molar-refractivity contribution in [1.29, 1.82) is 0 Å². The van der Waals surface area contributed by atoms with Crippen molar-refractivity contribution in [1.82, 2.24) is 9.13 Å². The summed E-state index contributed by atoms with van der Waals surface area (Å²) in [5.74, 6) is 0. The van der Waals surface area contributed by atoms with E-state index in [9.17, 15) is 0 Å². The Morgan fingerprint density at radius 2 is 0.529 bits per heavy atom. The molecule has 2 aliphatic heterocycles. The second-order valence-corrected chi connectivity index (χ2v) is 36.8. The molecule has 2 aliphatic carbocycles. The number of hydrogen-bond donors (Lipinski definition) is 0. The maximum Gasteiger partial charge on any atom is 0.0756 e. The summed E-state index contributed by atoms with van der Waals surface area (Å²) in [6.45, 7) is 0. The van der Waals surface area contributed by atoms with Gasteiger partial charge in [0, 0.05) is 89.0 Å². The highest BCUT2D eigenvalue weighted by Crippen LogP contribution is 2.68. The Balaban J connectivity index is 0.641. The van der Waals surface area contributed by atoms with Gasteiger partial charge in [0.2, 0.25) is 0 Å². The molecule has 0 amide bonds. The summed E-state index contributed by atoms with van der Waals surface area (Å²) in [4.78, 5) is 10.0. The van der Waals surface area contributed by atoms with Crippen LogP contribution in [0, 0.1) is 0 Å². The summed E-state index contributed by atoms with van der Waals surface area (Å²) in [6.07, 6.45) is 0. The topological polar surface area (TPSA) is 22.8 Å². The second-order valence-electron chi connectivity index (χ2n) is 36.8. The Morgan fingerprint density at radius 1 is 0.159 bits per heavy atom. The van der Waals surface area contributed by atoms with Gasteiger partial charge in [-0.25, -0.2) is 0 Å². The molecule has 6 nitrogen and oxygen atoms in total. The molecule has 28 rings (SSSR count). The minimum Gasteiger partial charge on any atom is -0.310 e. The highest BCUT2D eigenvalue weighted by Gasteiger charge is 2.55. The Morgan fingerprint density at radius 3 is 1.16 bits per heavy atom. The number of fused-ring (bicyclic) bond motifs is 25. The van der Waals surface area contributed by atoms with Crippen molar-refractivity contribution in [2.75, 3.05) is 19.6 Å². The van der Waals surface area contributed by atoms with Crippen molar-refractivity contribution >= 4 is 123 Å². The first-order valence-electron chi connectivity index (χ1n) is 47.8. The summed E-state index contributed by atoms with van der Waals surface area (Å²) in [5, 5.41) is 7.21. The molecular formula is C132H86N6. The van der Waals surface area contributed by atoms with Crippen molar-refractivity contribution in [3.63, 3.8) is 0 Å². The largest absolute Gasteiger partial charge is 0.310 e. The predicted octanol–water partition coefficient (Wildman–Crippen LogP) is 34.9. The first-order valence-corrected chi connectivity index (χ1v) is 47.8. The maximum atomic E-state index is 2.59. The van der Waals surface area contributed by atoms with Crippen LogP contribution < -0.4 is 19.6 Å². The van der Waals surface area contributed by atoms with E-state index in [0.717, 1.165) is 124 Å². The van der Waals surface area contributed by atoms with E-state index in [1.54, 1.807) is 0 Å². The summed E-state index contributed by atoms with van der Waals surface area (Å²) < 4.78 is 5.14. The minimum absolute atomic E-state index is 0.776. The molecule has 0 fully saturated rings. The summed E-state index contributed by atoms with van der Waals surface area (Å²) in [6, 6.07) is 195. The molecule has 4 heterocycles. The smallest absolute Gasteiger partial charge is 0.0756 e. The van der Waals surface area contributed by atoms with Gasteiger partial charge in [0.15, 0.2) is 0 Å². The van der Waals surface area contributed by atoms with Gasteiger partial charge in [-0.3, -0.25) is 0 Å². The number of nitrogens with zero attached hydrogens (tertiary/aromatic N) is 6. The van der Waals surface area contributed by atoms with E-state index < -0.39 is 10.8 Å². The zero-order valence-corrected chi connectivity index (χ0v) is 75.3. The van der Waals surface area contributed by atoms with Crippen LogP contribution in [0.5, 0.6) is 0 Å². The molecule has 0 saturated heterocycles. The van der Waals surface area contributed by atoms with Crippen molar-refractivity contribution in [2.45, 2.75) is 10.8 Å². The monoisotopic (exact) mass is 1750 g/mol. The molecule has 6 heteroatoms. The first kappa shape index (κ1) is 78.5. The van der Waals surface area contributed by atoms with Crippen LogP contribution in [0.15, 0.2) is 522 Å². The van der Waals surface area contributed by atoms with Crippen LogP contribution in [-0.2, 0) is 10.8 Å². The summed E-state index contributed by atoms with van der Waals surface area (Å²) >= 11 is 0. The van der Waals surface area contributed by atoms with Gasteiger partial charge in [0.25, 0.3) is 0 Å². The molecule has 24 aromatic rings. The molecule has 4 aliphatic rings. The lowest BCUT2D eigenvalue weighted by atomic mass is 9.65. The molecule has 0 radical (unpaired) electrons. The highest BCUT2D eigenvalue weighted by molar-refractivity contribution is 6.17. The van der Waals surface area contributed by atoms with Crippen molar-refractivity contribution in [3.05, 3.63) is 566 Å². The molecular weight excluding hydrogens is 1670 g/mol. The Kier molecular flexibility index (Phi) is 17.8. The number of rotatable bonds is 16. The molecule has 138 heavy (non-hydrogen) atoms.